The molecule has 0 aliphatic carbocycles. The fraction of sp³-hybridized carbons (Fsp3) is 0.375. The van der Waals surface area contributed by atoms with Crippen molar-refractivity contribution in [2.75, 3.05) is 16.8 Å². The van der Waals surface area contributed by atoms with E-state index in [4.69, 9.17) is 0 Å². The highest BCUT2D eigenvalue weighted by atomic mass is 79.9. The third-order valence-corrected chi connectivity index (χ3v) is 8.06. The third kappa shape index (κ3) is 2.23. The minimum atomic E-state index is -1.12. The molecule has 31 heavy (non-hydrogen) atoms. The second-order valence-electron chi connectivity index (χ2n) is 9.12. The van der Waals surface area contributed by atoms with Crippen LogP contribution in [0.5, 0.6) is 0 Å². The van der Waals surface area contributed by atoms with E-state index in [9.17, 15) is 14.4 Å². The predicted molar refractivity (Wildman–Crippen MR) is 120 cm³/mol. The molecule has 4 aliphatic rings. The topological polar surface area (TPSA) is 69.7 Å². The van der Waals surface area contributed by atoms with Gasteiger partial charge in [0, 0.05) is 21.8 Å². The molecule has 0 radical (unpaired) electrons. The Morgan fingerprint density at radius 2 is 1.81 bits per heavy atom. The third-order valence-electron chi connectivity index (χ3n) is 7.53. The second kappa shape index (κ2) is 6.26. The Morgan fingerprint density at radius 3 is 2.55 bits per heavy atom. The molecule has 6 nitrogen and oxygen atoms in total. The minimum absolute atomic E-state index is 0.0978. The zero-order chi connectivity index (χ0) is 21.7. The number of benzene rings is 2. The zero-order valence-electron chi connectivity index (χ0n) is 17.3. The first-order valence-electron chi connectivity index (χ1n) is 10.7. The van der Waals surface area contributed by atoms with E-state index >= 15 is 0 Å². The van der Waals surface area contributed by atoms with Gasteiger partial charge in [0.25, 0.3) is 0 Å². The number of hydrogen-bond acceptors (Lipinski definition) is 4. The summed E-state index contributed by atoms with van der Waals surface area (Å²) in [7, 11) is 0. The molecule has 158 valence electrons. The lowest BCUT2D eigenvalue weighted by atomic mass is 9.75. The summed E-state index contributed by atoms with van der Waals surface area (Å²) in [6.45, 7) is 4.71. The molecule has 3 fully saturated rings. The van der Waals surface area contributed by atoms with Crippen molar-refractivity contribution in [2.45, 2.75) is 38.3 Å². The molecule has 6 rings (SSSR count). The van der Waals surface area contributed by atoms with Crippen molar-refractivity contribution in [3.63, 3.8) is 0 Å². The van der Waals surface area contributed by atoms with E-state index < -0.39 is 17.4 Å². The van der Waals surface area contributed by atoms with Gasteiger partial charge in [-0.05, 0) is 63.1 Å². The molecule has 4 aliphatic heterocycles. The van der Waals surface area contributed by atoms with Crippen molar-refractivity contribution in [3.8, 4) is 0 Å². The molecule has 0 aromatic heterocycles. The molecule has 3 amide bonds. The molecule has 3 saturated heterocycles. The van der Waals surface area contributed by atoms with Crippen LogP contribution in [-0.2, 0) is 19.9 Å². The van der Waals surface area contributed by atoms with Crippen LogP contribution in [0.2, 0.25) is 0 Å². The van der Waals surface area contributed by atoms with Gasteiger partial charge in [0.15, 0.2) is 0 Å². The fourth-order valence-corrected chi connectivity index (χ4v) is 6.77. The Hall–Kier alpha value is -2.51. The largest absolute Gasteiger partial charge is 0.324 e. The highest BCUT2D eigenvalue weighted by Gasteiger charge is 2.74. The number of halogens is 1. The van der Waals surface area contributed by atoms with Crippen molar-refractivity contribution in [1.82, 2.24) is 4.90 Å². The van der Waals surface area contributed by atoms with Crippen LogP contribution in [0.1, 0.15) is 29.5 Å². The van der Waals surface area contributed by atoms with E-state index in [1.165, 1.54) is 4.90 Å². The van der Waals surface area contributed by atoms with Crippen LogP contribution in [0.15, 0.2) is 40.9 Å². The van der Waals surface area contributed by atoms with Crippen LogP contribution >= 0.6 is 15.9 Å². The highest BCUT2D eigenvalue weighted by Crippen LogP contribution is 2.61. The van der Waals surface area contributed by atoms with Gasteiger partial charge in [-0.1, -0.05) is 33.6 Å². The van der Waals surface area contributed by atoms with E-state index in [0.717, 1.165) is 46.2 Å². The minimum Gasteiger partial charge on any atom is -0.324 e. The van der Waals surface area contributed by atoms with Crippen molar-refractivity contribution in [1.29, 1.82) is 0 Å². The van der Waals surface area contributed by atoms with Crippen molar-refractivity contribution >= 4 is 45.0 Å². The summed E-state index contributed by atoms with van der Waals surface area (Å²) in [6.07, 6.45) is 1.74. The summed E-state index contributed by atoms with van der Waals surface area (Å²) in [6, 6.07) is 11.2. The predicted octanol–water partition coefficient (Wildman–Crippen LogP) is 3.50. The Kier molecular flexibility index (Phi) is 3.88. The van der Waals surface area contributed by atoms with Gasteiger partial charge in [0.1, 0.15) is 5.54 Å². The first-order valence-corrected chi connectivity index (χ1v) is 11.5. The molecule has 4 heterocycles. The quantitative estimate of drug-likeness (QED) is 0.635. The Labute approximate surface area is 188 Å². The van der Waals surface area contributed by atoms with E-state index in [1.54, 1.807) is 12.1 Å². The first kappa shape index (κ1) is 19.2. The van der Waals surface area contributed by atoms with Gasteiger partial charge in [0.05, 0.1) is 17.5 Å². The molecule has 4 atom stereocenters. The first-order chi connectivity index (χ1) is 14.9. The zero-order valence-corrected chi connectivity index (χ0v) is 18.9. The molecule has 1 N–H and O–H groups in total. The Balaban J connectivity index is 1.57. The molecular weight excluding hydrogens is 458 g/mol. The summed E-state index contributed by atoms with van der Waals surface area (Å²) in [5.41, 5.74) is 3.13. The van der Waals surface area contributed by atoms with Crippen LogP contribution < -0.4 is 10.2 Å². The molecule has 0 bridgehead atoms. The van der Waals surface area contributed by atoms with Crippen LogP contribution in [-0.4, -0.2) is 35.2 Å². The molecule has 0 unspecified atom stereocenters. The van der Waals surface area contributed by atoms with E-state index in [0.29, 0.717) is 5.69 Å². The second-order valence-corrected chi connectivity index (χ2v) is 10.0. The number of nitrogens with one attached hydrogen (secondary N) is 1. The smallest absolute Gasteiger partial charge is 0.250 e. The summed E-state index contributed by atoms with van der Waals surface area (Å²) in [5.74, 6) is -1.84. The molecule has 2 aromatic carbocycles. The maximum Gasteiger partial charge on any atom is 0.250 e. The van der Waals surface area contributed by atoms with E-state index in [-0.39, 0.29) is 23.8 Å². The number of nitrogens with zero attached hydrogens (tertiary/aromatic N) is 2. The van der Waals surface area contributed by atoms with Gasteiger partial charge in [-0.25, -0.2) is 4.90 Å². The normalized spacial score (nSPS) is 31.4. The number of amides is 3. The summed E-state index contributed by atoms with van der Waals surface area (Å²) in [4.78, 5) is 44.7. The standard InChI is InChI=1S/C24H22BrN3O3/c1-12-10-13(2)20-16(11-12)24(23(31)26-20)19-18(17-4-3-9-27(17)24)21(29)28(22(19)30)15-7-5-14(25)6-8-15/h5-8,10-11,17-19H,3-4,9H2,1-2H3,(H,26,31)/t17-,18+,19-,24-/m0/s1. The lowest BCUT2D eigenvalue weighted by molar-refractivity contribution is -0.135. The summed E-state index contributed by atoms with van der Waals surface area (Å²) < 4.78 is 0.879. The average molecular weight is 480 g/mol. The number of carbonyl (C=O) groups excluding carboxylic acids is 3. The average Bonchev–Trinajstić information content (AvgIpc) is 3.42. The SMILES string of the molecule is Cc1cc(C)c2c(c1)[C@@]1(C(=O)N2)[C@@H]2C(=O)N(c3ccc(Br)cc3)C(=O)[C@@H]2[C@@H]2CCCN21. The van der Waals surface area contributed by atoms with Crippen LogP contribution in [0, 0.1) is 25.7 Å². The molecule has 0 saturated carbocycles. The van der Waals surface area contributed by atoms with Gasteiger partial charge in [-0.2, -0.15) is 0 Å². The van der Waals surface area contributed by atoms with Crippen LogP contribution in [0.4, 0.5) is 11.4 Å². The Morgan fingerprint density at radius 1 is 1.06 bits per heavy atom. The summed E-state index contributed by atoms with van der Waals surface area (Å²) >= 11 is 3.41. The number of rotatable bonds is 1. The van der Waals surface area contributed by atoms with Gasteiger partial charge < -0.3 is 5.32 Å². The lowest BCUT2D eigenvalue weighted by Gasteiger charge is -2.36. The van der Waals surface area contributed by atoms with Crippen molar-refractivity contribution in [2.24, 2.45) is 11.8 Å². The molecule has 7 heteroatoms. The van der Waals surface area contributed by atoms with Crippen LogP contribution in [0.3, 0.4) is 0 Å². The molecule has 2 aromatic rings. The Bertz CT molecular complexity index is 1180. The molecule has 1 spiro atoms. The monoisotopic (exact) mass is 479 g/mol. The summed E-state index contributed by atoms with van der Waals surface area (Å²) in [5, 5.41) is 3.08. The fourth-order valence-electron chi connectivity index (χ4n) is 6.50. The van der Waals surface area contributed by atoms with Crippen LogP contribution in [0.25, 0.3) is 0 Å². The van der Waals surface area contributed by atoms with Crippen molar-refractivity contribution < 1.29 is 14.4 Å². The maximum absolute atomic E-state index is 13.9. The number of hydrogen-bond donors (Lipinski definition) is 1. The maximum atomic E-state index is 13.9. The highest BCUT2D eigenvalue weighted by molar-refractivity contribution is 9.10. The van der Waals surface area contributed by atoms with Gasteiger partial charge >= 0.3 is 0 Å². The van der Waals surface area contributed by atoms with Gasteiger partial charge in [0.2, 0.25) is 17.7 Å². The van der Waals surface area contributed by atoms with Gasteiger partial charge in [-0.3, -0.25) is 19.3 Å². The van der Waals surface area contributed by atoms with E-state index in [2.05, 4.69) is 26.1 Å². The lowest BCUT2D eigenvalue weighted by Crippen LogP contribution is -2.54. The van der Waals surface area contributed by atoms with E-state index in [1.807, 2.05) is 38.1 Å². The number of fused-ring (bicyclic) bond motifs is 7. The van der Waals surface area contributed by atoms with Crippen molar-refractivity contribution in [3.05, 3.63) is 57.6 Å². The number of imide groups is 1. The number of anilines is 2. The van der Waals surface area contributed by atoms with Gasteiger partial charge in [-0.15, -0.1) is 0 Å². The number of aryl methyl sites for hydroxylation is 2. The molecular formula is C24H22BrN3O3. The number of carbonyl (C=O) groups is 3.